The van der Waals surface area contributed by atoms with E-state index in [0.717, 1.165) is 36.5 Å². The summed E-state index contributed by atoms with van der Waals surface area (Å²) in [5, 5.41) is 2.79. The molecule has 1 aromatic carbocycles. The number of anilines is 1. The third-order valence-corrected chi connectivity index (χ3v) is 4.73. The van der Waals surface area contributed by atoms with Gasteiger partial charge in [-0.1, -0.05) is 0 Å². The van der Waals surface area contributed by atoms with Crippen molar-refractivity contribution in [2.45, 2.75) is 29.9 Å². The molecule has 0 spiro atoms. The second-order valence-corrected chi connectivity index (χ2v) is 6.34. The van der Waals surface area contributed by atoms with Crippen LogP contribution in [-0.2, 0) is 4.79 Å². The van der Waals surface area contributed by atoms with Crippen LogP contribution in [0.4, 0.5) is 5.69 Å². The third kappa shape index (κ3) is 2.34. The first-order chi connectivity index (χ1) is 9.15. The minimum atomic E-state index is -0.0763. The molecule has 1 fully saturated rings. The van der Waals surface area contributed by atoms with Crippen LogP contribution in [0.15, 0.2) is 23.1 Å². The van der Waals surface area contributed by atoms with Gasteiger partial charge in [0.15, 0.2) is 0 Å². The Kier molecular flexibility index (Phi) is 3.22. The number of carbonyl (C=O) groups excluding carboxylic acids is 2. The van der Waals surface area contributed by atoms with Gasteiger partial charge in [-0.25, -0.2) is 0 Å². The van der Waals surface area contributed by atoms with Crippen LogP contribution in [-0.4, -0.2) is 35.1 Å². The molecule has 4 nitrogen and oxygen atoms in total. The van der Waals surface area contributed by atoms with Crippen molar-refractivity contribution in [3.8, 4) is 0 Å². The lowest BCUT2D eigenvalue weighted by molar-refractivity contribution is -0.115. The lowest BCUT2D eigenvalue weighted by atomic mass is 10.1. The van der Waals surface area contributed by atoms with Gasteiger partial charge in [0.1, 0.15) is 0 Å². The van der Waals surface area contributed by atoms with E-state index in [0.29, 0.717) is 5.56 Å². The minimum Gasteiger partial charge on any atom is -0.339 e. The quantitative estimate of drug-likeness (QED) is 0.856. The topological polar surface area (TPSA) is 49.4 Å². The average molecular weight is 276 g/mol. The lowest BCUT2D eigenvalue weighted by Crippen LogP contribution is -2.29. The molecule has 5 heteroatoms. The monoisotopic (exact) mass is 276 g/mol. The molecular formula is C14H16N2O2S. The maximum Gasteiger partial charge on any atom is 0.253 e. The van der Waals surface area contributed by atoms with Crippen molar-refractivity contribution >= 4 is 29.3 Å². The Balaban J connectivity index is 1.87. The predicted molar refractivity (Wildman–Crippen MR) is 75.5 cm³/mol. The summed E-state index contributed by atoms with van der Waals surface area (Å²) in [6.45, 7) is 3.56. The number of likely N-dealkylation sites (tertiary alicyclic amines) is 1. The van der Waals surface area contributed by atoms with E-state index in [1.807, 2.05) is 24.0 Å². The summed E-state index contributed by atoms with van der Waals surface area (Å²) in [4.78, 5) is 26.9. The van der Waals surface area contributed by atoms with Crippen LogP contribution in [0, 0.1) is 0 Å². The van der Waals surface area contributed by atoms with E-state index in [9.17, 15) is 9.59 Å². The van der Waals surface area contributed by atoms with Gasteiger partial charge in [0, 0.05) is 23.5 Å². The molecule has 100 valence electrons. The van der Waals surface area contributed by atoms with Crippen LogP contribution in [0.3, 0.4) is 0 Å². The molecule has 1 unspecified atom stereocenters. The molecule has 19 heavy (non-hydrogen) atoms. The second kappa shape index (κ2) is 4.89. The smallest absolute Gasteiger partial charge is 0.253 e. The van der Waals surface area contributed by atoms with E-state index in [4.69, 9.17) is 0 Å². The molecule has 0 aromatic heterocycles. The second-order valence-electron chi connectivity index (χ2n) is 4.96. The van der Waals surface area contributed by atoms with E-state index in [1.54, 1.807) is 6.07 Å². The summed E-state index contributed by atoms with van der Waals surface area (Å²) in [5.41, 5.74) is 1.43. The fourth-order valence-electron chi connectivity index (χ4n) is 2.44. The number of fused-ring (bicyclic) bond motifs is 1. The van der Waals surface area contributed by atoms with E-state index in [-0.39, 0.29) is 17.1 Å². The van der Waals surface area contributed by atoms with Crippen LogP contribution in [0.1, 0.15) is 30.1 Å². The molecule has 1 aromatic rings. The Hall–Kier alpha value is -1.49. The van der Waals surface area contributed by atoms with Crippen molar-refractivity contribution in [1.29, 1.82) is 0 Å². The van der Waals surface area contributed by atoms with Gasteiger partial charge in [-0.2, -0.15) is 0 Å². The van der Waals surface area contributed by atoms with Crippen LogP contribution in [0.5, 0.6) is 0 Å². The van der Waals surface area contributed by atoms with Gasteiger partial charge in [0.05, 0.1) is 10.9 Å². The maximum absolute atomic E-state index is 12.3. The summed E-state index contributed by atoms with van der Waals surface area (Å²) in [6.07, 6.45) is 2.17. The van der Waals surface area contributed by atoms with Crippen LogP contribution in [0.2, 0.25) is 0 Å². The van der Waals surface area contributed by atoms with Gasteiger partial charge in [-0.15, -0.1) is 11.8 Å². The largest absolute Gasteiger partial charge is 0.339 e. The minimum absolute atomic E-state index is 0.00303. The number of thioether (sulfide) groups is 1. The van der Waals surface area contributed by atoms with Gasteiger partial charge in [0.2, 0.25) is 5.91 Å². The molecular weight excluding hydrogens is 260 g/mol. The number of benzene rings is 1. The van der Waals surface area contributed by atoms with Crippen molar-refractivity contribution in [3.63, 3.8) is 0 Å². The number of rotatable bonds is 1. The molecule has 1 saturated heterocycles. The van der Waals surface area contributed by atoms with Crippen LogP contribution < -0.4 is 5.32 Å². The molecule has 0 radical (unpaired) electrons. The summed E-state index contributed by atoms with van der Waals surface area (Å²) in [5.74, 6) is 0.0708. The van der Waals surface area contributed by atoms with E-state index in [2.05, 4.69) is 5.32 Å². The van der Waals surface area contributed by atoms with Gasteiger partial charge in [-0.05, 0) is 38.0 Å². The van der Waals surface area contributed by atoms with Gasteiger partial charge < -0.3 is 10.2 Å². The molecule has 2 aliphatic heterocycles. The molecule has 1 N–H and O–H groups in total. The molecule has 0 saturated carbocycles. The van der Waals surface area contributed by atoms with Crippen molar-refractivity contribution < 1.29 is 9.59 Å². The molecule has 1 atom stereocenters. The zero-order valence-corrected chi connectivity index (χ0v) is 11.6. The Bertz CT molecular complexity index is 538. The van der Waals surface area contributed by atoms with Crippen LogP contribution >= 0.6 is 11.8 Å². The summed E-state index contributed by atoms with van der Waals surface area (Å²) < 4.78 is 0. The van der Waals surface area contributed by atoms with Gasteiger partial charge >= 0.3 is 0 Å². The van der Waals surface area contributed by atoms with E-state index in [1.165, 1.54) is 11.8 Å². The molecule has 2 aliphatic rings. The lowest BCUT2D eigenvalue weighted by Gasteiger charge is -2.22. The number of amides is 2. The van der Waals surface area contributed by atoms with Crippen molar-refractivity contribution in [2.24, 2.45) is 0 Å². The first-order valence-electron chi connectivity index (χ1n) is 6.56. The van der Waals surface area contributed by atoms with Crippen LogP contribution in [0.25, 0.3) is 0 Å². The van der Waals surface area contributed by atoms with E-state index >= 15 is 0 Å². The predicted octanol–water partition coefficient (Wildman–Crippen LogP) is 2.36. The average Bonchev–Trinajstić information content (AvgIpc) is 2.93. The first-order valence-corrected chi connectivity index (χ1v) is 7.44. The number of nitrogens with one attached hydrogen (secondary N) is 1. The Labute approximate surface area is 116 Å². The number of hydrogen-bond acceptors (Lipinski definition) is 3. The van der Waals surface area contributed by atoms with Gasteiger partial charge in [-0.3, -0.25) is 9.59 Å². The highest BCUT2D eigenvalue weighted by atomic mass is 32.2. The Morgan fingerprint density at radius 1 is 1.37 bits per heavy atom. The Morgan fingerprint density at radius 2 is 2.11 bits per heavy atom. The summed E-state index contributed by atoms with van der Waals surface area (Å²) in [6, 6.07) is 5.59. The first kappa shape index (κ1) is 12.5. The van der Waals surface area contributed by atoms with Gasteiger partial charge in [0.25, 0.3) is 5.91 Å². The number of carbonyl (C=O) groups is 2. The molecule has 2 heterocycles. The highest BCUT2D eigenvalue weighted by molar-refractivity contribution is 8.00. The normalized spacial score (nSPS) is 22.1. The summed E-state index contributed by atoms with van der Waals surface area (Å²) in [7, 11) is 0. The molecule has 0 aliphatic carbocycles. The number of nitrogens with zero attached hydrogens (tertiary/aromatic N) is 1. The molecule has 3 rings (SSSR count). The van der Waals surface area contributed by atoms with Crippen molar-refractivity contribution in [1.82, 2.24) is 4.90 Å². The number of hydrogen-bond donors (Lipinski definition) is 1. The van der Waals surface area contributed by atoms with Crippen molar-refractivity contribution in [3.05, 3.63) is 23.8 Å². The highest BCUT2D eigenvalue weighted by Gasteiger charge is 2.25. The summed E-state index contributed by atoms with van der Waals surface area (Å²) >= 11 is 1.54. The van der Waals surface area contributed by atoms with E-state index < -0.39 is 0 Å². The SMILES string of the molecule is CC1Sc2ccc(C(=O)N3CCCC3)cc2NC1=O. The Morgan fingerprint density at radius 3 is 2.84 bits per heavy atom. The zero-order valence-electron chi connectivity index (χ0n) is 10.8. The van der Waals surface area contributed by atoms with Crippen molar-refractivity contribution in [2.75, 3.05) is 18.4 Å². The standard InChI is InChI=1S/C14H16N2O2S/c1-9-13(17)15-11-8-10(4-5-12(11)19-9)14(18)16-6-2-3-7-16/h4-5,8-9H,2-3,6-7H2,1H3,(H,15,17). The molecule has 2 amide bonds. The molecule has 0 bridgehead atoms. The zero-order chi connectivity index (χ0) is 13.4. The fourth-order valence-corrected chi connectivity index (χ4v) is 3.37. The third-order valence-electron chi connectivity index (χ3n) is 3.55. The fraction of sp³-hybridized carbons (Fsp3) is 0.429. The highest BCUT2D eigenvalue weighted by Crippen LogP contribution is 2.36. The maximum atomic E-state index is 12.3.